The Balaban J connectivity index is 1.85. The Bertz CT molecular complexity index is 491. The predicted octanol–water partition coefficient (Wildman–Crippen LogP) is 0.381. The minimum absolute atomic E-state index is 0.0995. The van der Waals surface area contributed by atoms with Gasteiger partial charge in [-0.25, -0.2) is 9.97 Å². The average molecular weight is 307 g/mol. The van der Waals surface area contributed by atoms with Crippen molar-refractivity contribution in [2.75, 3.05) is 52.2 Å². The monoisotopic (exact) mass is 307 g/mol. The minimum Gasteiger partial charge on any atom is -0.480 e. The maximum atomic E-state index is 10.7. The number of anilines is 1. The van der Waals surface area contributed by atoms with Gasteiger partial charge < -0.3 is 14.9 Å². The van der Waals surface area contributed by atoms with Crippen LogP contribution in [-0.2, 0) is 11.3 Å². The number of carboxylic acids is 1. The molecule has 1 aliphatic rings. The highest BCUT2D eigenvalue weighted by molar-refractivity contribution is 5.72. The summed E-state index contributed by atoms with van der Waals surface area (Å²) in [5.41, 5.74) is 1.07. The van der Waals surface area contributed by atoms with Gasteiger partial charge in [0.15, 0.2) is 0 Å². The lowest BCUT2D eigenvalue weighted by molar-refractivity contribution is -0.135. The standard InChI is InChI=1S/C15H25N5O2/c1-18(2)8-12-4-5-20(9-12)10-13-6-16-15(17-7-13)19(3)11-14(21)22/h6-7,12H,4-5,8-11H2,1-3H3,(H,21,22). The molecular weight excluding hydrogens is 282 g/mol. The van der Waals surface area contributed by atoms with E-state index in [0.29, 0.717) is 5.95 Å². The highest BCUT2D eigenvalue weighted by Gasteiger charge is 2.23. The van der Waals surface area contributed by atoms with Gasteiger partial charge in [-0.05, 0) is 33.0 Å². The molecule has 1 aliphatic heterocycles. The predicted molar refractivity (Wildman–Crippen MR) is 84.9 cm³/mol. The smallest absolute Gasteiger partial charge is 0.323 e. The molecule has 1 saturated heterocycles. The van der Waals surface area contributed by atoms with Crippen LogP contribution in [0.25, 0.3) is 0 Å². The molecule has 22 heavy (non-hydrogen) atoms. The van der Waals surface area contributed by atoms with Gasteiger partial charge in [-0.15, -0.1) is 0 Å². The summed E-state index contributed by atoms with van der Waals surface area (Å²) in [4.78, 5) is 25.4. The molecule has 0 aliphatic carbocycles. The van der Waals surface area contributed by atoms with E-state index in [1.807, 2.05) is 0 Å². The van der Waals surface area contributed by atoms with E-state index in [1.54, 1.807) is 19.4 Å². The summed E-state index contributed by atoms with van der Waals surface area (Å²) in [7, 11) is 5.90. The van der Waals surface area contributed by atoms with Crippen LogP contribution in [0.1, 0.15) is 12.0 Å². The first-order valence-electron chi connectivity index (χ1n) is 7.55. The molecule has 1 aromatic heterocycles. The highest BCUT2D eigenvalue weighted by Crippen LogP contribution is 2.19. The molecule has 0 spiro atoms. The van der Waals surface area contributed by atoms with Gasteiger partial charge in [-0.3, -0.25) is 9.69 Å². The number of nitrogens with zero attached hydrogens (tertiary/aromatic N) is 5. The number of hydrogen-bond acceptors (Lipinski definition) is 6. The van der Waals surface area contributed by atoms with E-state index in [4.69, 9.17) is 5.11 Å². The van der Waals surface area contributed by atoms with E-state index in [0.717, 1.165) is 37.7 Å². The van der Waals surface area contributed by atoms with Crippen LogP contribution >= 0.6 is 0 Å². The van der Waals surface area contributed by atoms with Crippen molar-refractivity contribution in [3.63, 3.8) is 0 Å². The van der Waals surface area contributed by atoms with E-state index >= 15 is 0 Å². The fraction of sp³-hybridized carbons (Fsp3) is 0.667. The van der Waals surface area contributed by atoms with Gasteiger partial charge >= 0.3 is 5.97 Å². The van der Waals surface area contributed by atoms with Gasteiger partial charge in [-0.1, -0.05) is 0 Å². The zero-order valence-corrected chi connectivity index (χ0v) is 13.6. The Labute approximate surface area is 131 Å². The number of likely N-dealkylation sites (N-methyl/N-ethyl adjacent to an activating group) is 1. The molecule has 122 valence electrons. The fourth-order valence-corrected chi connectivity index (χ4v) is 2.88. The Morgan fingerprint density at radius 3 is 2.64 bits per heavy atom. The Hall–Kier alpha value is -1.73. The number of carboxylic acid groups (broad SMARTS) is 1. The first-order valence-corrected chi connectivity index (χ1v) is 7.55. The van der Waals surface area contributed by atoms with Gasteiger partial charge in [0.2, 0.25) is 5.95 Å². The van der Waals surface area contributed by atoms with Crippen LogP contribution in [0.15, 0.2) is 12.4 Å². The second-order valence-corrected chi connectivity index (χ2v) is 6.29. The summed E-state index contributed by atoms with van der Waals surface area (Å²) in [6.07, 6.45) is 4.82. The molecule has 2 rings (SSSR count). The molecule has 1 aromatic rings. The molecule has 1 N–H and O–H groups in total. The molecule has 1 unspecified atom stereocenters. The van der Waals surface area contributed by atoms with Gasteiger partial charge in [0, 0.05) is 44.6 Å². The molecule has 0 aromatic carbocycles. The van der Waals surface area contributed by atoms with Crippen LogP contribution in [0.5, 0.6) is 0 Å². The zero-order valence-electron chi connectivity index (χ0n) is 13.6. The summed E-state index contributed by atoms with van der Waals surface area (Å²) in [6, 6.07) is 0. The van der Waals surface area contributed by atoms with E-state index in [9.17, 15) is 4.79 Å². The van der Waals surface area contributed by atoms with Crippen molar-refractivity contribution in [1.29, 1.82) is 0 Å². The van der Waals surface area contributed by atoms with Crippen LogP contribution in [0.2, 0.25) is 0 Å². The summed E-state index contributed by atoms with van der Waals surface area (Å²) in [6.45, 7) is 4.11. The number of aliphatic carboxylic acids is 1. The minimum atomic E-state index is -0.890. The fourth-order valence-electron chi connectivity index (χ4n) is 2.88. The third-order valence-corrected chi connectivity index (χ3v) is 3.81. The first kappa shape index (κ1) is 16.6. The van der Waals surface area contributed by atoms with Crippen LogP contribution in [0.3, 0.4) is 0 Å². The van der Waals surface area contributed by atoms with Crippen molar-refractivity contribution >= 4 is 11.9 Å². The second kappa shape index (κ2) is 7.51. The molecule has 7 heteroatoms. The topological polar surface area (TPSA) is 72.8 Å². The molecule has 0 radical (unpaired) electrons. The van der Waals surface area contributed by atoms with E-state index in [2.05, 4.69) is 33.9 Å². The first-order chi connectivity index (χ1) is 10.4. The van der Waals surface area contributed by atoms with Crippen molar-refractivity contribution in [3.8, 4) is 0 Å². The molecule has 2 heterocycles. The van der Waals surface area contributed by atoms with Crippen LogP contribution in [0, 0.1) is 5.92 Å². The lowest BCUT2D eigenvalue weighted by atomic mass is 10.1. The Morgan fingerprint density at radius 1 is 1.36 bits per heavy atom. The largest absolute Gasteiger partial charge is 0.480 e. The molecule has 0 amide bonds. The highest BCUT2D eigenvalue weighted by atomic mass is 16.4. The second-order valence-electron chi connectivity index (χ2n) is 6.29. The summed E-state index contributed by atoms with van der Waals surface area (Å²) in [5.74, 6) is 0.286. The van der Waals surface area contributed by atoms with Crippen molar-refractivity contribution in [2.45, 2.75) is 13.0 Å². The van der Waals surface area contributed by atoms with Crippen molar-refractivity contribution in [2.24, 2.45) is 5.92 Å². The van der Waals surface area contributed by atoms with Crippen LogP contribution in [-0.4, -0.2) is 78.2 Å². The van der Waals surface area contributed by atoms with Gasteiger partial charge in [0.25, 0.3) is 0 Å². The maximum absolute atomic E-state index is 10.7. The number of carbonyl (C=O) groups is 1. The van der Waals surface area contributed by atoms with Crippen LogP contribution in [0.4, 0.5) is 5.95 Å². The molecular formula is C15H25N5O2. The summed E-state index contributed by atoms with van der Waals surface area (Å²) >= 11 is 0. The number of aromatic nitrogens is 2. The summed E-state index contributed by atoms with van der Waals surface area (Å²) < 4.78 is 0. The third-order valence-electron chi connectivity index (χ3n) is 3.81. The Kier molecular flexibility index (Phi) is 5.68. The molecule has 7 nitrogen and oxygen atoms in total. The average Bonchev–Trinajstić information content (AvgIpc) is 2.85. The maximum Gasteiger partial charge on any atom is 0.323 e. The molecule has 1 fully saturated rings. The molecule has 1 atom stereocenters. The number of likely N-dealkylation sites (tertiary alicyclic amines) is 1. The van der Waals surface area contributed by atoms with E-state index in [-0.39, 0.29) is 6.54 Å². The van der Waals surface area contributed by atoms with Crippen molar-refractivity contribution in [3.05, 3.63) is 18.0 Å². The lowest BCUT2D eigenvalue weighted by Crippen LogP contribution is -2.27. The van der Waals surface area contributed by atoms with Gasteiger partial charge in [0.1, 0.15) is 6.54 Å². The summed E-state index contributed by atoms with van der Waals surface area (Å²) in [5, 5.41) is 8.77. The van der Waals surface area contributed by atoms with E-state index in [1.165, 1.54) is 11.3 Å². The van der Waals surface area contributed by atoms with Gasteiger partial charge in [0.05, 0.1) is 0 Å². The van der Waals surface area contributed by atoms with E-state index < -0.39 is 5.97 Å². The number of rotatable bonds is 7. The number of hydrogen-bond donors (Lipinski definition) is 1. The zero-order chi connectivity index (χ0) is 16.1. The van der Waals surface area contributed by atoms with Gasteiger partial charge in [-0.2, -0.15) is 0 Å². The lowest BCUT2D eigenvalue weighted by Gasteiger charge is -2.18. The van der Waals surface area contributed by atoms with Crippen LogP contribution < -0.4 is 4.90 Å². The van der Waals surface area contributed by atoms with Crippen molar-refractivity contribution in [1.82, 2.24) is 19.8 Å². The quantitative estimate of drug-likeness (QED) is 0.780. The normalized spacial score (nSPS) is 18.8. The third kappa shape index (κ3) is 4.92. The van der Waals surface area contributed by atoms with Crippen molar-refractivity contribution < 1.29 is 9.90 Å². The SMILES string of the molecule is CN(C)CC1CCN(Cc2cnc(N(C)CC(=O)O)nc2)C1. The Morgan fingerprint density at radius 2 is 2.05 bits per heavy atom. The molecule has 0 bridgehead atoms. The molecule has 0 saturated carbocycles.